The van der Waals surface area contributed by atoms with E-state index >= 15 is 0 Å². The molecule has 0 spiro atoms. The number of hydrogen-bond donors (Lipinski definition) is 1. The normalized spacial score (nSPS) is 29.7. The van der Waals surface area contributed by atoms with Crippen LogP contribution in [-0.4, -0.2) is 27.4 Å². The summed E-state index contributed by atoms with van der Waals surface area (Å²) in [5.41, 5.74) is 1.28. The van der Waals surface area contributed by atoms with Crippen LogP contribution in [0.3, 0.4) is 0 Å². The quantitative estimate of drug-likeness (QED) is 0.922. The van der Waals surface area contributed by atoms with Crippen molar-refractivity contribution in [1.82, 2.24) is 0 Å². The second kappa shape index (κ2) is 5.37. The monoisotopic (exact) mass is 275 g/mol. The van der Waals surface area contributed by atoms with Crippen molar-refractivity contribution in [3.63, 3.8) is 0 Å². The van der Waals surface area contributed by atoms with E-state index < -0.39 is 5.97 Å². The predicted molar refractivity (Wildman–Crippen MR) is 77.7 cm³/mol. The van der Waals surface area contributed by atoms with Gasteiger partial charge in [0.25, 0.3) is 0 Å². The van der Waals surface area contributed by atoms with Gasteiger partial charge in [-0.3, -0.25) is 9.79 Å². The first-order chi connectivity index (χ1) is 9.22. The van der Waals surface area contributed by atoms with Gasteiger partial charge in [-0.25, -0.2) is 0 Å². The zero-order valence-electron chi connectivity index (χ0n) is 10.7. The molecule has 1 saturated carbocycles. The fourth-order valence-corrected chi connectivity index (χ4v) is 4.34. The molecular formula is C15H17NO2S. The Hall–Kier alpha value is -1.29. The molecule has 1 aromatic carbocycles. The zero-order chi connectivity index (χ0) is 13.2. The lowest BCUT2D eigenvalue weighted by atomic mass is 9.86. The Kier molecular flexibility index (Phi) is 3.60. The first-order valence-electron chi connectivity index (χ1n) is 6.72. The van der Waals surface area contributed by atoms with E-state index in [1.165, 1.54) is 10.6 Å². The smallest absolute Gasteiger partial charge is 0.306 e. The first kappa shape index (κ1) is 12.7. The van der Waals surface area contributed by atoms with Gasteiger partial charge in [0, 0.05) is 11.7 Å². The van der Waals surface area contributed by atoms with Crippen molar-refractivity contribution in [2.24, 2.45) is 10.9 Å². The number of hydrogen-bond acceptors (Lipinski definition) is 3. The lowest BCUT2D eigenvalue weighted by Crippen LogP contribution is -2.31. The second-order valence-electron chi connectivity index (χ2n) is 5.26. The highest BCUT2D eigenvalue weighted by Gasteiger charge is 2.38. The van der Waals surface area contributed by atoms with Gasteiger partial charge < -0.3 is 5.11 Å². The summed E-state index contributed by atoms with van der Waals surface area (Å²) in [6, 6.07) is 10.7. The van der Waals surface area contributed by atoms with E-state index in [-0.39, 0.29) is 5.92 Å². The minimum atomic E-state index is -0.643. The van der Waals surface area contributed by atoms with Crippen LogP contribution >= 0.6 is 11.8 Å². The van der Waals surface area contributed by atoms with Crippen LogP contribution in [0.4, 0.5) is 0 Å². The molecule has 100 valence electrons. The summed E-state index contributed by atoms with van der Waals surface area (Å²) in [6.07, 6.45) is 3.36. The molecule has 1 fully saturated rings. The number of benzene rings is 1. The summed E-state index contributed by atoms with van der Waals surface area (Å²) >= 11 is 1.80. The molecule has 3 unspecified atom stereocenters. The Morgan fingerprint density at radius 1 is 1.32 bits per heavy atom. The summed E-state index contributed by atoms with van der Waals surface area (Å²) in [7, 11) is 0. The highest BCUT2D eigenvalue weighted by Crippen LogP contribution is 2.40. The highest BCUT2D eigenvalue weighted by atomic mass is 32.2. The number of carboxylic acid groups (broad SMARTS) is 1. The molecule has 3 atom stereocenters. The summed E-state index contributed by atoms with van der Waals surface area (Å²) in [6.45, 7) is 0. The molecule has 1 heterocycles. The molecule has 0 amide bonds. The van der Waals surface area contributed by atoms with Crippen LogP contribution in [0.5, 0.6) is 0 Å². The molecular weight excluding hydrogens is 258 g/mol. The molecule has 3 rings (SSSR count). The number of fused-ring (bicyclic) bond motifs is 1. The maximum absolute atomic E-state index is 11.1. The second-order valence-corrected chi connectivity index (χ2v) is 6.57. The Balaban J connectivity index is 1.64. The molecule has 0 bridgehead atoms. The van der Waals surface area contributed by atoms with Crippen LogP contribution < -0.4 is 0 Å². The Labute approximate surface area is 117 Å². The minimum absolute atomic E-state index is 0.167. The van der Waals surface area contributed by atoms with Gasteiger partial charge in [0.15, 0.2) is 0 Å². The Morgan fingerprint density at radius 2 is 2.11 bits per heavy atom. The largest absolute Gasteiger partial charge is 0.481 e. The van der Waals surface area contributed by atoms with Gasteiger partial charge in [0.2, 0.25) is 0 Å². The minimum Gasteiger partial charge on any atom is -0.481 e. The SMILES string of the molecule is O=C(O)C1CCC2N=C(Cc3ccccc3)SC2C1. The summed E-state index contributed by atoms with van der Waals surface area (Å²) in [4.78, 5) is 15.9. The van der Waals surface area contributed by atoms with Gasteiger partial charge in [-0.2, -0.15) is 0 Å². The van der Waals surface area contributed by atoms with Gasteiger partial charge in [0.1, 0.15) is 0 Å². The molecule has 1 aliphatic carbocycles. The third kappa shape index (κ3) is 2.84. The standard InChI is InChI=1S/C15H17NO2S/c17-15(18)11-6-7-12-13(9-11)19-14(16-12)8-10-4-2-1-3-5-10/h1-5,11-13H,6-9H2,(H,17,18). The fourth-order valence-electron chi connectivity index (χ4n) is 2.86. The topological polar surface area (TPSA) is 49.7 Å². The van der Waals surface area contributed by atoms with E-state index in [1.807, 2.05) is 18.2 Å². The summed E-state index contributed by atoms with van der Waals surface area (Å²) < 4.78 is 0. The molecule has 0 radical (unpaired) electrons. The Bertz CT molecular complexity index is 500. The number of thioether (sulfide) groups is 1. The molecule has 1 aromatic rings. The van der Waals surface area contributed by atoms with Gasteiger partial charge in [-0.05, 0) is 24.8 Å². The molecule has 1 aliphatic heterocycles. The molecule has 2 aliphatic rings. The Morgan fingerprint density at radius 3 is 2.84 bits per heavy atom. The maximum Gasteiger partial charge on any atom is 0.306 e. The highest BCUT2D eigenvalue weighted by molar-refractivity contribution is 8.14. The third-order valence-corrected chi connectivity index (χ3v) is 5.23. The van der Waals surface area contributed by atoms with E-state index in [0.29, 0.717) is 11.3 Å². The van der Waals surface area contributed by atoms with Crippen LogP contribution in [0.25, 0.3) is 0 Å². The first-order valence-corrected chi connectivity index (χ1v) is 7.60. The van der Waals surface area contributed by atoms with Crippen molar-refractivity contribution in [2.75, 3.05) is 0 Å². The number of carbonyl (C=O) groups is 1. The lowest BCUT2D eigenvalue weighted by Gasteiger charge is -2.27. The van der Waals surface area contributed by atoms with Crippen LogP contribution in [0.2, 0.25) is 0 Å². The van der Waals surface area contributed by atoms with Crippen LogP contribution in [0.1, 0.15) is 24.8 Å². The zero-order valence-corrected chi connectivity index (χ0v) is 11.5. The van der Waals surface area contributed by atoms with Crippen molar-refractivity contribution in [1.29, 1.82) is 0 Å². The van der Waals surface area contributed by atoms with E-state index in [1.54, 1.807) is 11.8 Å². The number of carboxylic acids is 1. The average molecular weight is 275 g/mol. The van der Waals surface area contributed by atoms with Crippen molar-refractivity contribution < 1.29 is 9.90 Å². The fraction of sp³-hybridized carbons (Fsp3) is 0.467. The molecule has 4 heteroatoms. The van der Waals surface area contributed by atoms with Crippen molar-refractivity contribution in [3.8, 4) is 0 Å². The predicted octanol–water partition coefficient (Wildman–Crippen LogP) is 3.00. The van der Waals surface area contributed by atoms with Crippen molar-refractivity contribution in [2.45, 2.75) is 37.0 Å². The average Bonchev–Trinajstić information content (AvgIpc) is 2.80. The number of nitrogens with zero attached hydrogens (tertiary/aromatic N) is 1. The molecule has 0 aromatic heterocycles. The summed E-state index contributed by atoms with van der Waals surface area (Å²) in [5, 5.41) is 10.7. The van der Waals surface area contributed by atoms with Crippen molar-refractivity contribution >= 4 is 22.8 Å². The van der Waals surface area contributed by atoms with Crippen LogP contribution in [-0.2, 0) is 11.2 Å². The molecule has 0 saturated heterocycles. The summed E-state index contributed by atoms with van der Waals surface area (Å²) in [5.74, 6) is -0.810. The molecule has 3 nitrogen and oxygen atoms in total. The van der Waals surface area contributed by atoms with E-state index in [4.69, 9.17) is 10.1 Å². The van der Waals surface area contributed by atoms with Gasteiger partial charge >= 0.3 is 5.97 Å². The van der Waals surface area contributed by atoms with Gasteiger partial charge in [-0.1, -0.05) is 30.3 Å². The molecule has 1 N–H and O–H groups in total. The van der Waals surface area contributed by atoms with E-state index in [9.17, 15) is 4.79 Å². The maximum atomic E-state index is 11.1. The van der Waals surface area contributed by atoms with E-state index in [0.717, 1.165) is 25.7 Å². The number of aliphatic imine (C=N–C) groups is 1. The number of rotatable bonds is 3. The third-order valence-electron chi connectivity index (χ3n) is 3.90. The van der Waals surface area contributed by atoms with Gasteiger partial charge in [0.05, 0.1) is 17.0 Å². The molecule has 19 heavy (non-hydrogen) atoms. The van der Waals surface area contributed by atoms with Crippen LogP contribution in [0, 0.1) is 5.92 Å². The number of aliphatic carboxylic acids is 1. The van der Waals surface area contributed by atoms with Crippen LogP contribution in [0.15, 0.2) is 35.3 Å². The lowest BCUT2D eigenvalue weighted by molar-refractivity contribution is -0.142. The van der Waals surface area contributed by atoms with Gasteiger partial charge in [-0.15, -0.1) is 11.8 Å². The van der Waals surface area contributed by atoms with E-state index in [2.05, 4.69) is 12.1 Å². The van der Waals surface area contributed by atoms with Crippen molar-refractivity contribution in [3.05, 3.63) is 35.9 Å².